The summed E-state index contributed by atoms with van der Waals surface area (Å²) in [6.45, 7) is 0. The molecule has 1 atom stereocenters. The molecule has 0 aliphatic carbocycles. The summed E-state index contributed by atoms with van der Waals surface area (Å²) in [7, 11) is 0. The van der Waals surface area contributed by atoms with Crippen LogP contribution in [0.2, 0.25) is 0 Å². The second-order valence-electron chi connectivity index (χ2n) is 2.16. The molecular formula is C8H7NO2. The van der Waals surface area contributed by atoms with Gasteiger partial charge in [-0.3, -0.25) is 0 Å². The molecule has 0 bridgehead atoms. The van der Waals surface area contributed by atoms with Crippen molar-refractivity contribution in [2.24, 2.45) is 5.92 Å². The number of rotatable bonds is 3. The Morgan fingerprint density at radius 2 is 2.64 bits per heavy atom. The third-order valence-electron chi connectivity index (χ3n) is 1.33. The van der Waals surface area contributed by atoms with E-state index in [1.54, 1.807) is 12.1 Å². The van der Waals surface area contributed by atoms with Gasteiger partial charge in [0.25, 0.3) is 0 Å². The maximum absolute atomic E-state index is 10.2. The number of furan rings is 1. The van der Waals surface area contributed by atoms with Gasteiger partial charge in [-0.1, -0.05) is 0 Å². The highest BCUT2D eigenvalue weighted by atomic mass is 16.3. The summed E-state index contributed by atoms with van der Waals surface area (Å²) in [5.41, 5.74) is 0. The molecule has 11 heavy (non-hydrogen) atoms. The van der Waals surface area contributed by atoms with Crippen molar-refractivity contribution in [2.45, 2.75) is 6.42 Å². The van der Waals surface area contributed by atoms with E-state index in [1.165, 1.54) is 6.26 Å². The van der Waals surface area contributed by atoms with Gasteiger partial charge in [0.1, 0.15) is 18.0 Å². The first-order valence-electron chi connectivity index (χ1n) is 3.24. The first-order chi connectivity index (χ1) is 5.36. The Morgan fingerprint density at radius 1 is 1.82 bits per heavy atom. The van der Waals surface area contributed by atoms with E-state index >= 15 is 0 Å². The maximum atomic E-state index is 10.2. The first kappa shape index (κ1) is 7.55. The normalized spacial score (nSPS) is 11.9. The van der Waals surface area contributed by atoms with E-state index < -0.39 is 5.92 Å². The molecule has 0 aliphatic heterocycles. The Bertz CT molecular complexity index is 258. The number of carbonyl (C=O) groups is 1. The molecule has 56 valence electrons. The molecule has 0 saturated carbocycles. The predicted molar refractivity (Wildman–Crippen MR) is 37.6 cm³/mol. The summed E-state index contributed by atoms with van der Waals surface area (Å²) < 4.78 is 4.96. The van der Waals surface area contributed by atoms with Gasteiger partial charge in [0.2, 0.25) is 0 Å². The highest BCUT2D eigenvalue weighted by Gasteiger charge is 2.07. The Labute approximate surface area is 64.2 Å². The van der Waals surface area contributed by atoms with Gasteiger partial charge in [-0.2, -0.15) is 5.26 Å². The molecule has 1 aromatic heterocycles. The summed E-state index contributed by atoms with van der Waals surface area (Å²) in [5.74, 6) is 0.0878. The van der Waals surface area contributed by atoms with Gasteiger partial charge < -0.3 is 9.21 Å². The van der Waals surface area contributed by atoms with Crippen molar-refractivity contribution in [1.29, 1.82) is 5.26 Å². The van der Waals surface area contributed by atoms with Crippen LogP contribution in [0.3, 0.4) is 0 Å². The second-order valence-corrected chi connectivity index (χ2v) is 2.16. The Hall–Kier alpha value is -1.56. The van der Waals surface area contributed by atoms with Gasteiger partial charge >= 0.3 is 0 Å². The zero-order valence-electron chi connectivity index (χ0n) is 5.86. The van der Waals surface area contributed by atoms with E-state index in [2.05, 4.69) is 0 Å². The minimum Gasteiger partial charge on any atom is -0.469 e. The lowest BCUT2D eigenvalue weighted by atomic mass is 10.1. The first-order valence-corrected chi connectivity index (χ1v) is 3.24. The van der Waals surface area contributed by atoms with Crippen molar-refractivity contribution in [3.8, 4) is 6.07 Å². The van der Waals surface area contributed by atoms with Gasteiger partial charge in [0, 0.05) is 6.42 Å². The van der Waals surface area contributed by atoms with Crippen LogP contribution in [0, 0.1) is 17.2 Å². The van der Waals surface area contributed by atoms with E-state index in [0.29, 0.717) is 18.5 Å². The second kappa shape index (κ2) is 3.57. The monoisotopic (exact) mass is 149 g/mol. The van der Waals surface area contributed by atoms with Crippen LogP contribution < -0.4 is 0 Å². The molecular weight excluding hydrogens is 142 g/mol. The van der Waals surface area contributed by atoms with Crippen LogP contribution in [0.1, 0.15) is 5.76 Å². The van der Waals surface area contributed by atoms with E-state index in [9.17, 15) is 4.79 Å². The van der Waals surface area contributed by atoms with Crippen LogP contribution in [-0.2, 0) is 11.2 Å². The van der Waals surface area contributed by atoms with Crippen LogP contribution in [0.4, 0.5) is 0 Å². The number of aldehydes is 1. The van der Waals surface area contributed by atoms with E-state index in [0.717, 1.165) is 0 Å². The maximum Gasteiger partial charge on any atom is 0.137 e. The van der Waals surface area contributed by atoms with E-state index in [4.69, 9.17) is 9.68 Å². The van der Waals surface area contributed by atoms with Crippen LogP contribution >= 0.6 is 0 Å². The van der Waals surface area contributed by atoms with Crippen molar-refractivity contribution in [3.05, 3.63) is 24.2 Å². The number of nitriles is 1. The molecule has 1 heterocycles. The van der Waals surface area contributed by atoms with Gasteiger partial charge in [0.15, 0.2) is 0 Å². The molecule has 0 fully saturated rings. The molecule has 0 amide bonds. The van der Waals surface area contributed by atoms with Gasteiger partial charge in [-0.15, -0.1) is 0 Å². The number of hydrogen-bond donors (Lipinski definition) is 0. The molecule has 0 aromatic carbocycles. The Morgan fingerprint density at radius 3 is 3.09 bits per heavy atom. The smallest absolute Gasteiger partial charge is 0.137 e. The van der Waals surface area contributed by atoms with Crippen LogP contribution in [0.15, 0.2) is 22.8 Å². The van der Waals surface area contributed by atoms with Crippen LogP contribution in [0.5, 0.6) is 0 Å². The SMILES string of the molecule is N#CC(C=O)Cc1ccco1. The average Bonchev–Trinajstić information content (AvgIpc) is 2.52. The van der Waals surface area contributed by atoms with E-state index in [1.807, 2.05) is 6.07 Å². The molecule has 3 nitrogen and oxygen atoms in total. The summed E-state index contributed by atoms with van der Waals surface area (Å²) in [6.07, 6.45) is 2.52. The molecule has 1 rings (SSSR count). The Balaban J connectivity index is 2.56. The van der Waals surface area contributed by atoms with E-state index in [-0.39, 0.29) is 0 Å². The van der Waals surface area contributed by atoms with Gasteiger partial charge in [0.05, 0.1) is 12.3 Å². The fraction of sp³-hybridized carbons (Fsp3) is 0.250. The molecule has 3 heteroatoms. The minimum atomic E-state index is -0.582. The number of nitrogens with zero attached hydrogens (tertiary/aromatic N) is 1. The summed E-state index contributed by atoms with van der Waals surface area (Å²) in [5, 5.41) is 8.40. The van der Waals surface area contributed by atoms with Gasteiger partial charge in [-0.05, 0) is 12.1 Å². The highest BCUT2D eigenvalue weighted by Crippen LogP contribution is 2.06. The average molecular weight is 149 g/mol. The minimum absolute atomic E-state index is 0.368. The third-order valence-corrected chi connectivity index (χ3v) is 1.33. The summed E-state index contributed by atoms with van der Waals surface area (Å²) in [6, 6.07) is 5.34. The molecule has 0 saturated heterocycles. The standard InChI is InChI=1S/C8H7NO2/c9-5-7(6-10)4-8-2-1-3-11-8/h1-3,6-7H,4H2. The van der Waals surface area contributed by atoms with Crippen molar-refractivity contribution in [3.63, 3.8) is 0 Å². The Kier molecular flexibility index (Phi) is 2.45. The lowest BCUT2D eigenvalue weighted by Gasteiger charge is -1.94. The van der Waals surface area contributed by atoms with Gasteiger partial charge in [-0.25, -0.2) is 0 Å². The number of hydrogen-bond acceptors (Lipinski definition) is 3. The fourth-order valence-corrected chi connectivity index (χ4v) is 0.770. The molecule has 1 aromatic rings. The largest absolute Gasteiger partial charge is 0.469 e. The van der Waals surface area contributed by atoms with Crippen LogP contribution in [-0.4, -0.2) is 6.29 Å². The van der Waals surface area contributed by atoms with Crippen molar-refractivity contribution >= 4 is 6.29 Å². The molecule has 0 radical (unpaired) electrons. The molecule has 0 N–H and O–H groups in total. The van der Waals surface area contributed by atoms with Crippen LogP contribution in [0.25, 0.3) is 0 Å². The highest BCUT2D eigenvalue weighted by molar-refractivity contribution is 5.57. The van der Waals surface area contributed by atoms with Crippen molar-refractivity contribution in [1.82, 2.24) is 0 Å². The molecule has 1 unspecified atom stereocenters. The predicted octanol–water partition coefficient (Wildman–Crippen LogP) is 1.16. The zero-order chi connectivity index (χ0) is 8.10. The van der Waals surface area contributed by atoms with Crippen molar-refractivity contribution in [2.75, 3.05) is 0 Å². The lowest BCUT2D eigenvalue weighted by molar-refractivity contribution is -0.109. The van der Waals surface area contributed by atoms with Crippen molar-refractivity contribution < 1.29 is 9.21 Å². The zero-order valence-corrected chi connectivity index (χ0v) is 5.86. The topological polar surface area (TPSA) is 54.0 Å². The lowest BCUT2D eigenvalue weighted by Crippen LogP contribution is -2.01. The third kappa shape index (κ3) is 1.94. The fourth-order valence-electron chi connectivity index (χ4n) is 0.770. The molecule has 0 aliphatic rings. The summed E-state index contributed by atoms with van der Waals surface area (Å²) >= 11 is 0. The summed E-state index contributed by atoms with van der Waals surface area (Å²) in [4.78, 5) is 10.2. The quantitative estimate of drug-likeness (QED) is 0.606. The number of carbonyl (C=O) groups excluding carboxylic acids is 1. The molecule has 0 spiro atoms.